The number of benzene rings is 1. The molecule has 0 spiro atoms. The van der Waals surface area contributed by atoms with Crippen LogP contribution >= 0.6 is 0 Å². The van der Waals surface area contributed by atoms with Gasteiger partial charge in [-0.05, 0) is 45.4 Å². The summed E-state index contributed by atoms with van der Waals surface area (Å²) in [6.45, 7) is 12.6. The van der Waals surface area contributed by atoms with E-state index >= 15 is 0 Å². The van der Waals surface area contributed by atoms with Crippen LogP contribution in [0.4, 0.5) is 0 Å². The summed E-state index contributed by atoms with van der Waals surface area (Å²) in [6, 6.07) is 9.13. The van der Waals surface area contributed by atoms with Crippen molar-refractivity contribution in [3.05, 3.63) is 29.8 Å². The fraction of sp³-hybridized carbons (Fsp3) is 0.650. The van der Waals surface area contributed by atoms with Crippen LogP contribution in [0.15, 0.2) is 29.3 Å². The maximum absolute atomic E-state index is 5.65. The third-order valence-corrected chi connectivity index (χ3v) is 4.13. The molecule has 0 aromatic heterocycles. The summed E-state index contributed by atoms with van der Waals surface area (Å²) in [5.41, 5.74) is 1.15. The standard InChI is InChI=1S/C20H36N4O2/c1-16(2)24(17(3)4)11-10-22-20(21-5)23-15-18-8-7-9-19(14-18)26-13-12-25-6/h7-9,14,16-17H,10-13,15H2,1-6H3,(H2,21,22,23). The molecule has 0 saturated carbocycles. The van der Waals surface area contributed by atoms with Crippen molar-refractivity contribution < 1.29 is 9.47 Å². The van der Waals surface area contributed by atoms with E-state index < -0.39 is 0 Å². The molecule has 148 valence electrons. The Labute approximate surface area is 159 Å². The third-order valence-electron chi connectivity index (χ3n) is 4.13. The van der Waals surface area contributed by atoms with Gasteiger partial charge in [0.2, 0.25) is 0 Å². The van der Waals surface area contributed by atoms with Crippen molar-refractivity contribution in [3.8, 4) is 5.75 Å². The molecular weight excluding hydrogens is 328 g/mol. The number of guanidine groups is 1. The number of hydrogen-bond donors (Lipinski definition) is 2. The van der Waals surface area contributed by atoms with Gasteiger partial charge in [-0.15, -0.1) is 0 Å². The average Bonchev–Trinajstić information content (AvgIpc) is 2.61. The lowest BCUT2D eigenvalue weighted by atomic mass is 10.2. The number of nitrogens with one attached hydrogen (secondary N) is 2. The van der Waals surface area contributed by atoms with Gasteiger partial charge in [-0.1, -0.05) is 12.1 Å². The van der Waals surface area contributed by atoms with E-state index in [2.05, 4.69) is 54.3 Å². The predicted molar refractivity (Wildman–Crippen MR) is 109 cm³/mol. The Hall–Kier alpha value is -1.79. The first-order valence-corrected chi connectivity index (χ1v) is 9.38. The zero-order valence-corrected chi connectivity index (χ0v) is 17.2. The molecule has 0 aliphatic carbocycles. The maximum atomic E-state index is 5.65. The van der Waals surface area contributed by atoms with Crippen molar-refractivity contribution >= 4 is 5.96 Å². The molecule has 2 N–H and O–H groups in total. The molecule has 6 heteroatoms. The lowest BCUT2D eigenvalue weighted by Gasteiger charge is -2.30. The molecule has 26 heavy (non-hydrogen) atoms. The van der Waals surface area contributed by atoms with Crippen molar-refractivity contribution in [3.63, 3.8) is 0 Å². The lowest BCUT2D eigenvalue weighted by Crippen LogP contribution is -2.45. The van der Waals surface area contributed by atoms with Gasteiger partial charge in [0.1, 0.15) is 12.4 Å². The average molecular weight is 365 g/mol. The van der Waals surface area contributed by atoms with Crippen molar-refractivity contribution in [1.82, 2.24) is 15.5 Å². The maximum Gasteiger partial charge on any atom is 0.191 e. The highest BCUT2D eigenvalue weighted by molar-refractivity contribution is 5.79. The van der Waals surface area contributed by atoms with E-state index in [9.17, 15) is 0 Å². The summed E-state index contributed by atoms with van der Waals surface area (Å²) in [6.07, 6.45) is 0. The minimum absolute atomic E-state index is 0.535. The first kappa shape index (κ1) is 22.3. The molecule has 1 rings (SSSR count). The molecule has 0 bridgehead atoms. The van der Waals surface area contributed by atoms with Gasteiger partial charge >= 0.3 is 0 Å². The van der Waals surface area contributed by atoms with Crippen LogP contribution in [-0.2, 0) is 11.3 Å². The summed E-state index contributed by atoms with van der Waals surface area (Å²) < 4.78 is 10.7. The molecule has 0 amide bonds. The number of hydrogen-bond acceptors (Lipinski definition) is 4. The van der Waals surface area contributed by atoms with Crippen molar-refractivity contribution in [2.75, 3.05) is 40.5 Å². The number of nitrogens with zero attached hydrogens (tertiary/aromatic N) is 2. The fourth-order valence-electron chi connectivity index (χ4n) is 2.81. The Morgan fingerprint density at radius 3 is 2.46 bits per heavy atom. The zero-order chi connectivity index (χ0) is 19.4. The molecule has 0 aliphatic rings. The van der Waals surface area contributed by atoms with E-state index in [0.717, 1.165) is 30.4 Å². The Kier molecular flexibility index (Phi) is 10.7. The number of ether oxygens (including phenoxy) is 2. The number of rotatable bonds is 11. The Morgan fingerprint density at radius 2 is 1.85 bits per heavy atom. The van der Waals surface area contributed by atoms with Crippen LogP contribution in [0.5, 0.6) is 5.75 Å². The molecule has 0 heterocycles. The van der Waals surface area contributed by atoms with Crippen LogP contribution in [0, 0.1) is 0 Å². The summed E-state index contributed by atoms with van der Waals surface area (Å²) in [5, 5.41) is 6.74. The van der Waals surface area contributed by atoms with Crippen molar-refractivity contribution in [2.45, 2.75) is 46.3 Å². The van der Waals surface area contributed by atoms with Gasteiger partial charge in [-0.25, -0.2) is 0 Å². The van der Waals surface area contributed by atoms with E-state index in [1.807, 2.05) is 18.2 Å². The van der Waals surface area contributed by atoms with Gasteiger partial charge in [0.05, 0.1) is 6.61 Å². The largest absolute Gasteiger partial charge is 0.491 e. The van der Waals surface area contributed by atoms with Crippen LogP contribution in [0.25, 0.3) is 0 Å². The smallest absolute Gasteiger partial charge is 0.191 e. The summed E-state index contributed by atoms with van der Waals surface area (Å²) in [5.74, 6) is 1.66. The van der Waals surface area contributed by atoms with Crippen LogP contribution < -0.4 is 15.4 Å². The van der Waals surface area contributed by atoms with Crippen molar-refractivity contribution in [1.29, 1.82) is 0 Å². The van der Waals surface area contributed by atoms with Gasteiger partial charge in [-0.3, -0.25) is 9.89 Å². The molecule has 6 nitrogen and oxygen atoms in total. The van der Waals surface area contributed by atoms with Crippen LogP contribution in [-0.4, -0.2) is 63.4 Å². The van der Waals surface area contributed by atoms with Gasteiger partial charge in [0.15, 0.2) is 5.96 Å². The predicted octanol–water partition coefficient (Wildman–Crippen LogP) is 2.50. The number of methoxy groups -OCH3 is 1. The topological polar surface area (TPSA) is 58.1 Å². The monoisotopic (exact) mass is 364 g/mol. The molecule has 0 saturated heterocycles. The molecule has 1 aromatic carbocycles. The van der Waals surface area contributed by atoms with Crippen LogP contribution in [0.1, 0.15) is 33.3 Å². The van der Waals surface area contributed by atoms with Gasteiger partial charge in [0.25, 0.3) is 0 Å². The normalized spacial score (nSPS) is 12.1. The van der Waals surface area contributed by atoms with E-state index in [1.54, 1.807) is 14.2 Å². The highest BCUT2D eigenvalue weighted by Crippen LogP contribution is 2.13. The van der Waals surface area contributed by atoms with Crippen molar-refractivity contribution in [2.24, 2.45) is 4.99 Å². The lowest BCUT2D eigenvalue weighted by molar-refractivity contribution is 0.146. The first-order chi connectivity index (χ1) is 12.5. The minimum atomic E-state index is 0.535. The Balaban J connectivity index is 2.43. The van der Waals surface area contributed by atoms with Gasteiger partial charge < -0.3 is 20.1 Å². The second-order valence-electron chi connectivity index (χ2n) is 6.77. The van der Waals surface area contributed by atoms with Gasteiger partial charge in [0, 0.05) is 45.9 Å². The molecule has 0 atom stereocenters. The highest BCUT2D eigenvalue weighted by Gasteiger charge is 2.12. The van der Waals surface area contributed by atoms with Gasteiger partial charge in [-0.2, -0.15) is 0 Å². The Morgan fingerprint density at radius 1 is 1.12 bits per heavy atom. The van der Waals surface area contributed by atoms with Crippen LogP contribution in [0.3, 0.4) is 0 Å². The minimum Gasteiger partial charge on any atom is -0.491 e. The summed E-state index contributed by atoms with van der Waals surface area (Å²) >= 11 is 0. The van der Waals surface area contributed by atoms with Crippen LogP contribution in [0.2, 0.25) is 0 Å². The van der Waals surface area contributed by atoms with E-state index in [0.29, 0.717) is 31.8 Å². The molecule has 0 aliphatic heterocycles. The summed E-state index contributed by atoms with van der Waals surface area (Å²) in [4.78, 5) is 6.76. The quantitative estimate of drug-likeness (QED) is 0.359. The van der Waals surface area contributed by atoms with E-state index in [4.69, 9.17) is 9.47 Å². The van der Waals surface area contributed by atoms with E-state index in [1.165, 1.54) is 0 Å². The van der Waals surface area contributed by atoms with E-state index in [-0.39, 0.29) is 0 Å². The number of aliphatic imine (C=N–C) groups is 1. The zero-order valence-electron chi connectivity index (χ0n) is 17.2. The SMILES string of the molecule is CN=C(NCCN(C(C)C)C(C)C)NCc1cccc(OCCOC)c1. The first-order valence-electron chi connectivity index (χ1n) is 9.38. The second-order valence-corrected chi connectivity index (χ2v) is 6.77. The second kappa shape index (κ2) is 12.5. The molecule has 0 unspecified atom stereocenters. The highest BCUT2D eigenvalue weighted by atomic mass is 16.5. The fourth-order valence-corrected chi connectivity index (χ4v) is 2.81. The molecule has 1 aromatic rings. The molecule has 0 fully saturated rings. The third kappa shape index (κ3) is 8.54. The molecule has 0 radical (unpaired) electrons. The summed E-state index contributed by atoms with van der Waals surface area (Å²) in [7, 11) is 3.46. The molecular formula is C20H36N4O2. The Bertz CT molecular complexity index is 524.